The Hall–Kier alpha value is -2.20. The number of methoxy groups -OCH3 is 1. The second kappa shape index (κ2) is 4.23. The summed E-state index contributed by atoms with van der Waals surface area (Å²) in [6.07, 6.45) is 0. The van der Waals surface area contributed by atoms with E-state index in [4.69, 9.17) is 14.5 Å². The van der Waals surface area contributed by atoms with Crippen LogP contribution in [0.2, 0.25) is 0 Å². The first-order valence-electron chi connectivity index (χ1n) is 5.58. The van der Waals surface area contributed by atoms with Crippen LogP contribution in [0, 0.1) is 6.92 Å². The van der Waals surface area contributed by atoms with E-state index in [0.29, 0.717) is 11.5 Å². The molecule has 1 aliphatic rings. The number of ether oxygens (including phenoxy) is 1. The molecule has 2 aromatic carbocycles. The van der Waals surface area contributed by atoms with Crippen LogP contribution in [-0.2, 0) is 5.04 Å². The predicted octanol–water partition coefficient (Wildman–Crippen LogP) is 3.29. The smallest absolute Gasteiger partial charge is 0.216 e. The van der Waals surface area contributed by atoms with E-state index in [1.807, 2.05) is 37.3 Å². The molecule has 3 rings (SSSR count). The molecule has 0 saturated carbocycles. The average Bonchev–Trinajstić information content (AvgIpc) is 2.85. The number of fused-ring (bicyclic) bond motifs is 1. The molecule has 0 spiro atoms. The van der Waals surface area contributed by atoms with Gasteiger partial charge in [-0.3, -0.25) is 9.78 Å². The Morgan fingerprint density at radius 2 is 1.61 bits per heavy atom. The molecule has 1 aliphatic heterocycles. The summed E-state index contributed by atoms with van der Waals surface area (Å²) in [6, 6.07) is 11.7. The number of aryl methyl sites for hydroxylation is 1. The van der Waals surface area contributed by atoms with E-state index in [0.717, 1.165) is 22.4 Å². The van der Waals surface area contributed by atoms with Gasteiger partial charge in [0.1, 0.15) is 5.75 Å². The number of rotatable bonds is 2. The lowest BCUT2D eigenvalue weighted by Crippen LogP contribution is -1.88. The van der Waals surface area contributed by atoms with Gasteiger partial charge >= 0.3 is 0 Å². The third-order valence-corrected chi connectivity index (χ3v) is 2.92. The molecule has 92 valence electrons. The molecular formula is C14H12O4. The molecule has 0 N–H and O–H groups in total. The predicted molar refractivity (Wildman–Crippen MR) is 65.5 cm³/mol. The van der Waals surface area contributed by atoms with E-state index >= 15 is 0 Å². The van der Waals surface area contributed by atoms with Crippen LogP contribution in [0.4, 0.5) is 0 Å². The monoisotopic (exact) mass is 244 g/mol. The first kappa shape index (κ1) is 10.9. The lowest BCUT2D eigenvalue weighted by molar-refractivity contribution is -0.384. The Kier molecular flexibility index (Phi) is 2.57. The Labute approximate surface area is 105 Å². The van der Waals surface area contributed by atoms with Gasteiger partial charge in [0.15, 0.2) is 0 Å². The third-order valence-electron chi connectivity index (χ3n) is 2.92. The molecule has 1 heterocycles. The van der Waals surface area contributed by atoms with Crippen molar-refractivity contribution in [3.05, 3.63) is 42.0 Å². The van der Waals surface area contributed by atoms with Crippen LogP contribution in [0.5, 0.6) is 17.2 Å². The molecule has 0 saturated heterocycles. The Bertz CT molecular complexity index is 592. The van der Waals surface area contributed by atoms with Crippen molar-refractivity contribution >= 4 is 0 Å². The maximum atomic E-state index is 5.25. The van der Waals surface area contributed by atoms with Gasteiger partial charge in [0.25, 0.3) is 0 Å². The Morgan fingerprint density at radius 3 is 2.39 bits per heavy atom. The quantitative estimate of drug-likeness (QED) is 0.759. The van der Waals surface area contributed by atoms with Crippen LogP contribution >= 0.6 is 0 Å². The normalized spacial score (nSPS) is 12.6. The van der Waals surface area contributed by atoms with Crippen molar-refractivity contribution in [1.82, 2.24) is 0 Å². The van der Waals surface area contributed by atoms with E-state index in [1.165, 1.54) is 0 Å². The summed E-state index contributed by atoms with van der Waals surface area (Å²) in [6.45, 7) is 2.01. The first-order chi connectivity index (χ1) is 8.78. The highest BCUT2D eigenvalue weighted by molar-refractivity contribution is 5.68. The first-order valence-corrected chi connectivity index (χ1v) is 5.58. The maximum absolute atomic E-state index is 5.25. The molecule has 0 aromatic heterocycles. The van der Waals surface area contributed by atoms with Gasteiger partial charge < -0.3 is 4.74 Å². The molecule has 18 heavy (non-hydrogen) atoms. The zero-order chi connectivity index (χ0) is 12.5. The van der Waals surface area contributed by atoms with Crippen LogP contribution in [0.3, 0.4) is 0 Å². The van der Waals surface area contributed by atoms with Gasteiger partial charge in [-0.15, -0.1) is 0 Å². The topological polar surface area (TPSA) is 36.9 Å². The van der Waals surface area contributed by atoms with Crippen LogP contribution in [-0.4, -0.2) is 7.11 Å². The standard InChI is InChI=1S/C14H12O4/c1-9-7-10(3-5-12(9)15-2)11-4-6-13-14(8-11)17-18-16-13/h3-8H,1-2H3. The van der Waals surface area contributed by atoms with Gasteiger partial charge in [-0.1, -0.05) is 12.1 Å². The average molecular weight is 244 g/mol. The summed E-state index contributed by atoms with van der Waals surface area (Å²) in [5, 5.41) is 4.45. The fourth-order valence-corrected chi connectivity index (χ4v) is 1.97. The number of hydrogen-bond acceptors (Lipinski definition) is 4. The molecule has 2 aromatic rings. The molecular weight excluding hydrogens is 232 g/mol. The molecule has 0 unspecified atom stereocenters. The van der Waals surface area contributed by atoms with Crippen molar-refractivity contribution < 1.29 is 19.6 Å². The summed E-state index contributed by atoms with van der Waals surface area (Å²) in [7, 11) is 1.67. The van der Waals surface area contributed by atoms with Gasteiger partial charge in [0, 0.05) is 5.04 Å². The summed E-state index contributed by atoms with van der Waals surface area (Å²) in [5.41, 5.74) is 3.21. The van der Waals surface area contributed by atoms with Gasteiger partial charge in [-0.25, -0.2) is 0 Å². The molecule has 0 atom stereocenters. The second-order valence-electron chi connectivity index (χ2n) is 4.08. The fraction of sp³-hybridized carbons (Fsp3) is 0.143. The van der Waals surface area contributed by atoms with Crippen molar-refractivity contribution in [3.8, 4) is 28.4 Å². The SMILES string of the molecule is COc1ccc(-c2ccc3c(c2)OOO3)cc1C. The summed E-state index contributed by atoms with van der Waals surface area (Å²) in [4.78, 5) is 9.70. The number of hydrogen-bond donors (Lipinski definition) is 0. The second-order valence-corrected chi connectivity index (χ2v) is 4.08. The maximum Gasteiger partial charge on any atom is 0.216 e. The summed E-state index contributed by atoms with van der Waals surface area (Å²) in [5.74, 6) is 2.05. The van der Waals surface area contributed by atoms with Crippen molar-refractivity contribution in [3.63, 3.8) is 0 Å². The van der Waals surface area contributed by atoms with E-state index < -0.39 is 0 Å². The minimum absolute atomic E-state index is 0.584. The Balaban J connectivity index is 2.02. The minimum Gasteiger partial charge on any atom is -0.496 e. The fourth-order valence-electron chi connectivity index (χ4n) is 1.97. The molecule has 0 amide bonds. The van der Waals surface area contributed by atoms with E-state index in [9.17, 15) is 0 Å². The van der Waals surface area contributed by atoms with Crippen LogP contribution in [0.15, 0.2) is 36.4 Å². The van der Waals surface area contributed by atoms with Crippen molar-refractivity contribution in [2.75, 3.05) is 7.11 Å². The number of benzene rings is 2. The highest BCUT2D eigenvalue weighted by Gasteiger charge is 2.17. The van der Waals surface area contributed by atoms with Crippen molar-refractivity contribution in [2.45, 2.75) is 6.92 Å². The molecule has 0 fully saturated rings. The van der Waals surface area contributed by atoms with Gasteiger partial charge in [-0.05, 0) is 47.9 Å². The summed E-state index contributed by atoms with van der Waals surface area (Å²) >= 11 is 0. The molecule has 0 aliphatic carbocycles. The van der Waals surface area contributed by atoms with Crippen molar-refractivity contribution in [1.29, 1.82) is 0 Å². The largest absolute Gasteiger partial charge is 0.496 e. The summed E-state index contributed by atoms with van der Waals surface area (Å²) < 4.78 is 5.25. The molecule has 4 heteroatoms. The lowest BCUT2D eigenvalue weighted by Gasteiger charge is -2.07. The lowest BCUT2D eigenvalue weighted by atomic mass is 10.0. The highest BCUT2D eigenvalue weighted by atomic mass is 17.5. The van der Waals surface area contributed by atoms with E-state index in [-0.39, 0.29) is 0 Å². The Morgan fingerprint density at radius 1 is 0.889 bits per heavy atom. The minimum atomic E-state index is 0.584. The molecule has 4 nitrogen and oxygen atoms in total. The highest BCUT2D eigenvalue weighted by Crippen LogP contribution is 2.37. The van der Waals surface area contributed by atoms with Crippen LogP contribution in [0.1, 0.15) is 5.56 Å². The van der Waals surface area contributed by atoms with E-state index in [1.54, 1.807) is 7.11 Å². The van der Waals surface area contributed by atoms with Gasteiger partial charge in [0.2, 0.25) is 11.5 Å². The van der Waals surface area contributed by atoms with Gasteiger partial charge in [0.05, 0.1) is 7.11 Å². The third kappa shape index (κ3) is 1.76. The van der Waals surface area contributed by atoms with Crippen molar-refractivity contribution in [2.24, 2.45) is 0 Å². The zero-order valence-electron chi connectivity index (χ0n) is 10.1. The zero-order valence-corrected chi connectivity index (χ0v) is 10.1. The van der Waals surface area contributed by atoms with E-state index in [2.05, 4.69) is 11.1 Å². The molecule has 0 bridgehead atoms. The molecule has 0 radical (unpaired) electrons. The van der Waals surface area contributed by atoms with Crippen LogP contribution < -0.4 is 14.5 Å². The van der Waals surface area contributed by atoms with Crippen LogP contribution in [0.25, 0.3) is 11.1 Å². The van der Waals surface area contributed by atoms with Gasteiger partial charge in [-0.2, -0.15) is 0 Å².